The van der Waals surface area contributed by atoms with E-state index in [1.165, 1.54) is 112 Å². The van der Waals surface area contributed by atoms with Gasteiger partial charge in [-0.3, -0.25) is 49.5 Å². The highest BCUT2D eigenvalue weighted by Crippen LogP contribution is 2.41. The number of benzene rings is 8. The number of nitro benzene ring substituents is 2. The molecule has 38 nitrogen and oxygen atoms in total. The van der Waals surface area contributed by atoms with Crippen molar-refractivity contribution in [3.05, 3.63) is 267 Å². The number of hydrogen-bond acceptors (Lipinski definition) is 26. The molecule has 0 saturated carbocycles. The van der Waals surface area contributed by atoms with Crippen molar-refractivity contribution >= 4 is 120 Å². The summed E-state index contributed by atoms with van der Waals surface area (Å²) in [5, 5.41) is 56.4. The summed E-state index contributed by atoms with van der Waals surface area (Å²) >= 11 is 6.43. The van der Waals surface area contributed by atoms with E-state index < -0.39 is 88.5 Å². The Kier molecular flexibility index (Phi) is 25.1. The molecular formula is C84H86ClFN20O18S4. The van der Waals surface area contributed by atoms with Crippen molar-refractivity contribution in [2.24, 2.45) is 29.2 Å². The standard InChI is InChI=1S/C42H43ClN10O9S2.C42H43FN10O9S2/c1-24-9-20-32(33(21-24)53(55)56)51-40(54)30(37(62-51)42(5,6)7)23-61-29-17-14-27(15-18-29)50-64(59,60)34-22-28(16-19-31(34)43)45-46-35-36(41(2,3)4)47-52-39(35)44-38(48-52)25-10-12-26(13-11-25)49-63(8,57)58;1-24-9-20-33(34(21-24)53(55)56)51-40(54)30(37(62-51)42(5,6)7)23-61-28-16-14-27(15-17-28)50-64(59,60)29-18-19-32(31(43)22-29)45-46-35-36(41(2,3)4)47-52-39(35)44-38(48-52)25-10-12-26(13-11-25)49-63(8,57)58/h2*9-22,47,50H,23H2,1-8H3,(H,49,57,58). The average Bonchev–Trinajstić information content (AvgIpc) is 1.58. The molecule has 0 aliphatic heterocycles. The molecule has 0 spiro atoms. The van der Waals surface area contributed by atoms with Gasteiger partial charge in [-0.25, -0.2) is 39.6 Å². The number of H-pyrrole nitrogens is 2. The summed E-state index contributed by atoms with van der Waals surface area (Å²) in [4.78, 5) is 58.4. The van der Waals surface area contributed by atoms with Crippen LogP contribution in [-0.4, -0.2) is 106 Å². The van der Waals surface area contributed by atoms with Crippen molar-refractivity contribution in [2.45, 2.75) is 142 Å². The number of sulfonamides is 2. The zero-order valence-corrected chi connectivity index (χ0v) is 75.6. The van der Waals surface area contributed by atoms with E-state index in [9.17, 15) is 64.2 Å². The summed E-state index contributed by atoms with van der Waals surface area (Å²) < 4.78 is 153. The van der Waals surface area contributed by atoms with Gasteiger partial charge in [0, 0.05) is 68.8 Å². The number of nitro groups is 2. The van der Waals surface area contributed by atoms with Gasteiger partial charge in [0.2, 0.25) is 11.3 Å². The van der Waals surface area contributed by atoms with Gasteiger partial charge in [-0.15, -0.1) is 35.0 Å². The molecule has 14 rings (SSSR count). The quantitative estimate of drug-likeness (QED) is 0.0186. The van der Waals surface area contributed by atoms with Crippen molar-refractivity contribution < 1.29 is 67.1 Å². The van der Waals surface area contributed by atoms with Crippen molar-refractivity contribution in [1.82, 2.24) is 49.1 Å². The fourth-order valence-electron chi connectivity index (χ4n) is 13.0. The summed E-state index contributed by atoms with van der Waals surface area (Å²) in [6.07, 6.45) is 2.22. The maximum Gasteiger partial charge on any atom is 0.296 e. The van der Waals surface area contributed by atoms with Crippen molar-refractivity contribution in [3.8, 4) is 45.6 Å². The molecular weight excluding hydrogens is 1760 g/mol. The third kappa shape index (κ3) is 20.8. The van der Waals surface area contributed by atoms with Gasteiger partial charge in [0.25, 0.3) is 42.5 Å². The predicted octanol–water partition coefficient (Wildman–Crippen LogP) is 19.3. The number of aromatic amines is 2. The first-order valence-corrected chi connectivity index (χ1v) is 45.9. The van der Waals surface area contributed by atoms with E-state index in [0.29, 0.717) is 73.7 Å². The maximum absolute atomic E-state index is 15.5. The molecule has 6 aromatic heterocycles. The second-order valence-electron chi connectivity index (χ2n) is 33.8. The Bertz CT molecular complexity index is 7420. The summed E-state index contributed by atoms with van der Waals surface area (Å²) in [5.74, 6) is 0.800. The lowest BCUT2D eigenvalue weighted by atomic mass is 9.91. The number of aromatic nitrogens is 10. The van der Waals surface area contributed by atoms with E-state index in [4.69, 9.17) is 30.1 Å². The van der Waals surface area contributed by atoms with Crippen LogP contribution in [0, 0.1) is 39.9 Å². The molecule has 0 fully saturated rings. The molecule has 44 heteroatoms. The lowest BCUT2D eigenvalue weighted by Gasteiger charge is -2.16. The topological polar surface area (TPSA) is 508 Å². The van der Waals surface area contributed by atoms with Crippen LogP contribution in [0.4, 0.5) is 61.3 Å². The largest absolute Gasteiger partial charge is 0.489 e. The highest BCUT2D eigenvalue weighted by Gasteiger charge is 2.35. The molecule has 668 valence electrons. The first-order valence-electron chi connectivity index (χ1n) is 38.8. The first kappa shape index (κ1) is 92.0. The van der Waals surface area contributed by atoms with E-state index in [1.807, 2.05) is 83.1 Å². The molecule has 0 bridgehead atoms. The minimum atomic E-state index is -4.30. The zero-order chi connectivity index (χ0) is 93.0. The van der Waals surface area contributed by atoms with E-state index in [-0.39, 0.29) is 113 Å². The Balaban J connectivity index is 0.000000219. The number of azo groups is 2. The van der Waals surface area contributed by atoms with Crippen LogP contribution in [0.5, 0.6) is 11.5 Å². The van der Waals surface area contributed by atoms with E-state index in [1.54, 1.807) is 74.5 Å². The lowest BCUT2D eigenvalue weighted by Crippen LogP contribution is -2.20. The number of aryl methyl sites for hydroxylation is 2. The van der Waals surface area contributed by atoms with Gasteiger partial charge >= 0.3 is 0 Å². The Morgan fingerprint density at radius 1 is 0.508 bits per heavy atom. The minimum absolute atomic E-state index is 0.0187. The molecule has 0 aliphatic rings. The fraction of sp³-hybridized carbons (Fsp3) is 0.262. The van der Waals surface area contributed by atoms with E-state index in [0.717, 1.165) is 28.1 Å². The molecule has 2 unspecified atom stereocenters. The average molecular weight is 1850 g/mol. The molecule has 0 saturated heterocycles. The van der Waals surface area contributed by atoms with Crippen LogP contribution in [0.25, 0.3) is 45.4 Å². The van der Waals surface area contributed by atoms with Crippen molar-refractivity contribution in [2.75, 3.05) is 22.0 Å². The number of ether oxygens (including phenoxy) is 2. The van der Waals surface area contributed by atoms with E-state index in [2.05, 4.69) is 69.0 Å². The molecule has 6 N–H and O–H groups in total. The van der Waals surface area contributed by atoms with Gasteiger partial charge in [-0.2, -0.15) is 23.1 Å². The molecule has 0 radical (unpaired) electrons. The van der Waals surface area contributed by atoms with Crippen LogP contribution >= 0.6 is 11.6 Å². The van der Waals surface area contributed by atoms with Crippen LogP contribution in [0.1, 0.15) is 128 Å². The second-order valence-corrected chi connectivity index (χ2v) is 40.9. The van der Waals surface area contributed by atoms with Crippen molar-refractivity contribution in [1.29, 1.82) is 0 Å². The Morgan fingerprint density at radius 3 is 1.29 bits per heavy atom. The molecule has 14 aromatic rings. The molecule has 0 amide bonds. The second kappa shape index (κ2) is 34.9. The van der Waals surface area contributed by atoms with Gasteiger partial charge < -0.3 is 27.6 Å². The van der Waals surface area contributed by atoms with Crippen LogP contribution in [-0.2, 0) is 74.9 Å². The van der Waals surface area contributed by atoms with Crippen LogP contribution in [0.2, 0.25) is 5.02 Å². The highest BCUT2D eigenvalue weighted by molar-refractivity contribution is 7.93. The van der Waals surface area contributed by atoms with E-state index >= 15 is 4.39 Å². The van der Waals surface area contributed by atoms with Gasteiger partial charge in [0.1, 0.15) is 35.3 Å². The number of hydrogen-bond donors (Lipinski definition) is 6. The summed E-state index contributed by atoms with van der Waals surface area (Å²) in [6.45, 7) is 25.5. The molecule has 2 atom stereocenters. The van der Waals surface area contributed by atoms with Gasteiger partial charge in [-0.05, 0) is 171 Å². The number of rotatable bonds is 24. The first-order chi connectivity index (χ1) is 59.7. The molecule has 6 heterocycles. The zero-order valence-electron chi connectivity index (χ0n) is 71.6. The van der Waals surface area contributed by atoms with Gasteiger partial charge in [-0.1, -0.05) is 107 Å². The SMILES string of the molecule is Cc1ccc(-n2oc(C(C)(C)C)c(COc3ccc(NS(=O)(=O)c4cc(N=Nc5c(C(C)(C)C)[nH]n6nc(-c7ccc(N=S(C)(=O)O)cc7)nc56)ccc4Cl)cc3)c2=O)c([N+](=O)[O-])c1.Cc1ccc(-n2oc(C(C)(C)C)c(COc3ccc(NS(=O)(=O)c4ccc(N=Nc5c(C(C)(C)C)[nH]n6nc(-c7ccc(N=S(C)(=O)O)cc7)nc56)c(F)c4)cc3)c2=O)c([N+](=O)[O-])c1. The summed E-state index contributed by atoms with van der Waals surface area (Å²) in [6, 6.07) is 40.9. The Hall–Kier alpha value is -13.7. The smallest absolute Gasteiger partial charge is 0.296 e. The number of halogens is 2. The van der Waals surface area contributed by atoms with Gasteiger partial charge in [0.15, 0.2) is 71.8 Å². The van der Waals surface area contributed by atoms with Crippen LogP contribution in [0.15, 0.2) is 227 Å². The number of fused-ring (bicyclic) bond motifs is 2. The normalized spacial score (nSPS) is 13.3. The summed E-state index contributed by atoms with van der Waals surface area (Å²) in [5.41, 5.74) is 1.99. The lowest BCUT2D eigenvalue weighted by molar-refractivity contribution is -0.385. The number of nitrogens with zero attached hydrogens (tertiary/aromatic N) is 16. The summed E-state index contributed by atoms with van der Waals surface area (Å²) in [7, 11) is -15.2. The van der Waals surface area contributed by atoms with Gasteiger partial charge in [0.05, 0.1) is 59.3 Å². The molecule has 8 aromatic carbocycles. The highest BCUT2D eigenvalue weighted by atomic mass is 35.5. The third-order valence-electron chi connectivity index (χ3n) is 19.0. The monoisotopic (exact) mass is 1840 g/mol. The third-order valence-corrected chi connectivity index (χ3v) is 23.4. The maximum atomic E-state index is 15.5. The Labute approximate surface area is 736 Å². The Morgan fingerprint density at radius 2 is 0.906 bits per heavy atom. The molecule has 0 aliphatic carbocycles. The molecule has 128 heavy (non-hydrogen) atoms. The fourth-order valence-corrected chi connectivity index (χ4v) is 16.7. The minimum Gasteiger partial charge on any atom is -0.489 e. The van der Waals surface area contributed by atoms with Crippen molar-refractivity contribution in [3.63, 3.8) is 0 Å². The van der Waals surface area contributed by atoms with Crippen LogP contribution in [0.3, 0.4) is 0 Å². The number of anilines is 2. The van der Waals surface area contributed by atoms with Crippen LogP contribution < -0.4 is 30.0 Å². The number of nitrogens with one attached hydrogen (secondary N) is 4. The predicted molar refractivity (Wildman–Crippen MR) is 479 cm³/mol.